The highest BCUT2D eigenvalue weighted by Gasteiger charge is 2.21. The fourth-order valence-corrected chi connectivity index (χ4v) is 4.36. The van der Waals surface area contributed by atoms with Gasteiger partial charge in [0.2, 0.25) is 0 Å². The van der Waals surface area contributed by atoms with E-state index in [0.717, 1.165) is 23.8 Å². The monoisotopic (exact) mass is 328 g/mol. The maximum atomic E-state index is 13.7. The molecule has 0 bridgehead atoms. The average molecular weight is 329 g/mol. The zero-order valence-corrected chi connectivity index (χ0v) is 12.0. The number of aryl methyl sites for hydroxylation is 2. The van der Waals surface area contributed by atoms with E-state index in [2.05, 4.69) is 22.0 Å². The summed E-state index contributed by atoms with van der Waals surface area (Å²) in [6.07, 6.45) is 3.44. The molecule has 0 aliphatic heterocycles. The number of alkyl halides is 1. The van der Waals surface area contributed by atoms with Crippen molar-refractivity contribution in [1.29, 1.82) is 0 Å². The molecule has 0 saturated carbocycles. The highest BCUT2D eigenvalue weighted by molar-refractivity contribution is 9.09. The third-order valence-corrected chi connectivity index (χ3v) is 5.84. The van der Waals surface area contributed by atoms with Crippen molar-refractivity contribution in [2.75, 3.05) is 0 Å². The number of hydrogen-bond donors (Lipinski definition) is 0. The van der Waals surface area contributed by atoms with Gasteiger partial charge in [-0.15, -0.1) is 11.3 Å². The maximum absolute atomic E-state index is 13.7. The second kappa shape index (κ2) is 4.74. The molecule has 18 heavy (non-hydrogen) atoms. The van der Waals surface area contributed by atoms with E-state index < -0.39 is 5.82 Å². The van der Waals surface area contributed by atoms with Crippen LogP contribution in [0.3, 0.4) is 0 Å². The van der Waals surface area contributed by atoms with Gasteiger partial charge in [0.25, 0.3) is 0 Å². The molecular formula is C14H11BrF2S. The van der Waals surface area contributed by atoms with Gasteiger partial charge in [-0.2, -0.15) is 0 Å². The quantitative estimate of drug-likeness (QED) is 0.680. The van der Waals surface area contributed by atoms with Crippen LogP contribution >= 0.6 is 27.3 Å². The fourth-order valence-electron chi connectivity index (χ4n) is 2.34. The van der Waals surface area contributed by atoms with Gasteiger partial charge in [0.05, 0.1) is 4.83 Å². The van der Waals surface area contributed by atoms with E-state index in [4.69, 9.17) is 0 Å². The minimum atomic E-state index is -0.403. The Balaban J connectivity index is 1.98. The van der Waals surface area contributed by atoms with Crippen molar-refractivity contribution >= 4 is 27.3 Å². The molecule has 0 spiro atoms. The number of fused-ring (bicyclic) bond motifs is 1. The van der Waals surface area contributed by atoms with E-state index in [1.807, 2.05) is 0 Å². The van der Waals surface area contributed by atoms with Crippen LogP contribution in [0.15, 0.2) is 24.3 Å². The minimum Gasteiger partial charge on any atom is -0.207 e. The topological polar surface area (TPSA) is 0 Å². The summed E-state index contributed by atoms with van der Waals surface area (Å²) in [5.41, 5.74) is 1.74. The van der Waals surface area contributed by atoms with E-state index in [1.165, 1.54) is 29.0 Å². The molecule has 0 fully saturated rings. The van der Waals surface area contributed by atoms with E-state index in [0.29, 0.717) is 5.56 Å². The molecule has 0 amide bonds. The summed E-state index contributed by atoms with van der Waals surface area (Å²) in [5.74, 6) is -0.771. The molecule has 1 aliphatic rings. The smallest absolute Gasteiger partial charge is 0.128 e. The van der Waals surface area contributed by atoms with Crippen LogP contribution in [0.5, 0.6) is 0 Å². The first-order valence-corrected chi connectivity index (χ1v) is 7.59. The molecule has 0 N–H and O–H groups in total. The number of benzene rings is 1. The number of hydrogen-bond acceptors (Lipinski definition) is 1. The summed E-state index contributed by atoms with van der Waals surface area (Å²) >= 11 is 5.19. The van der Waals surface area contributed by atoms with Crippen molar-refractivity contribution in [3.05, 3.63) is 56.8 Å². The van der Waals surface area contributed by atoms with E-state index in [1.54, 1.807) is 11.3 Å². The van der Waals surface area contributed by atoms with Crippen LogP contribution in [0.2, 0.25) is 0 Å². The van der Waals surface area contributed by atoms with Crippen molar-refractivity contribution < 1.29 is 8.78 Å². The Morgan fingerprint density at radius 2 is 2.00 bits per heavy atom. The van der Waals surface area contributed by atoms with E-state index in [9.17, 15) is 8.78 Å². The van der Waals surface area contributed by atoms with Crippen molar-refractivity contribution in [2.24, 2.45) is 0 Å². The normalized spacial score (nSPS) is 15.7. The van der Waals surface area contributed by atoms with Gasteiger partial charge in [0.1, 0.15) is 11.6 Å². The third-order valence-electron chi connectivity index (χ3n) is 3.25. The zero-order valence-electron chi connectivity index (χ0n) is 9.55. The Morgan fingerprint density at radius 3 is 2.78 bits per heavy atom. The molecule has 1 unspecified atom stereocenters. The lowest BCUT2D eigenvalue weighted by molar-refractivity contribution is 0.588. The van der Waals surface area contributed by atoms with E-state index >= 15 is 0 Å². The van der Waals surface area contributed by atoms with Gasteiger partial charge in [-0.25, -0.2) is 8.78 Å². The van der Waals surface area contributed by atoms with Crippen molar-refractivity contribution in [3.8, 4) is 0 Å². The van der Waals surface area contributed by atoms with Gasteiger partial charge in [0, 0.05) is 15.3 Å². The summed E-state index contributed by atoms with van der Waals surface area (Å²) in [7, 11) is 0. The molecule has 3 rings (SSSR count). The first-order chi connectivity index (χ1) is 8.65. The lowest BCUT2D eigenvalue weighted by atomic mass is 10.1. The third kappa shape index (κ3) is 2.12. The molecule has 2 aromatic rings. The number of halogens is 3. The van der Waals surface area contributed by atoms with Crippen LogP contribution in [0.4, 0.5) is 8.78 Å². The van der Waals surface area contributed by atoms with Gasteiger partial charge in [0.15, 0.2) is 0 Å². The molecule has 1 aromatic carbocycles. The fraction of sp³-hybridized carbons (Fsp3) is 0.286. The average Bonchev–Trinajstić information content (AvgIpc) is 2.91. The Morgan fingerprint density at radius 1 is 1.17 bits per heavy atom. The summed E-state index contributed by atoms with van der Waals surface area (Å²) in [5, 5.41) is 0. The van der Waals surface area contributed by atoms with Crippen LogP contribution in [-0.4, -0.2) is 0 Å². The lowest BCUT2D eigenvalue weighted by Gasteiger charge is -2.09. The van der Waals surface area contributed by atoms with Crippen LogP contribution in [-0.2, 0) is 12.8 Å². The second-order valence-corrected chi connectivity index (χ2v) is 6.56. The zero-order chi connectivity index (χ0) is 12.7. The summed E-state index contributed by atoms with van der Waals surface area (Å²) in [6.45, 7) is 0. The number of rotatable bonds is 2. The summed E-state index contributed by atoms with van der Waals surface area (Å²) in [6, 6.07) is 5.71. The lowest BCUT2D eigenvalue weighted by Crippen LogP contribution is -1.95. The first kappa shape index (κ1) is 12.3. The molecule has 1 atom stereocenters. The second-order valence-electron chi connectivity index (χ2n) is 4.48. The predicted octanol–water partition coefficient (Wildman–Crippen LogP) is 5.00. The van der Waals surface area contributed by atoms with Gasteiger partial charge in [-0.1, -0.05) is 15.9 Å². The molecule has 0 nitrogen and oxygen atoms in total. The first-order valence-electron chi connectivity index (χ1n) is 5.85. The van der Waals surface area contributed by atoms with Gasteiger partial charge < -0.3 is 0 Å². The minimum absolute atomic E-state index is 0.260. The highest BCUT2D eigenvalue weighted by Crippen LogP contribution is 2.40. The SMILES string of the molecule is Fc1ccc(F)c(C(Br)c2cc3c(s2)CCC3)c1. The summed E-state index contributed by atoms with van der Waals surface area (Å²) in [4.78, 5) is 2.19. The molecule has 0 radical (unpaired) electrons. The Hall–Kier alpha value is -0.740. The van der Waals surface area contributed by atoms with Crippen molar-refractivity contribution in [1.82, 2.24) is 0 Å². The van der Waals surface area contributed by atoms with Gasteiger partial charge >= 0.3 is 0 Å². The molecule has 4 heteroatoms. The number of thiophene rings is 1. The largest absolute Gasteiger partial charge is 0.207 e. The predicted molar refractivity (Wildman–Crippen MR) is 73.5 cm³/mol. The molecule has 1 heterocycles. The Bertz CT molecular complexity index is 570. The maximum Gasteiger partial charge on any atom is 0.128 e. The van der Waals surface area contributed by atoms with Crippen molar-refractivity contribution in [2.45, 2.75) is 24.1 Å². The molecule has 1 aliphatic carbocycles. The van der Waals surface area contributed by atoms with Crippen LogP contribution in [0, 0.1) is 11.6 Å². The molecule has 1 aromatic heterocycles. The van der Waals surface area contributed by atoms with Gasteiger partial charge in [-0.3, -0.25) is 0 Å². The summed E-state index contributed by atoms with van der Waals surface area (Å²) < 4.78 is 26.9. The van der Waals surface area contributed by atoms with Gasteiger partial charge in [-0.05, 0) is 49.1 Å². The molecule has 94 valence electrons. The van der Waals surface area contributed by atoms with Crippen LogP contribution in [0.1, 0.15) is 32.1 Å². The Labute approximate surface area is 117 Å². The van der Waals surface area contributed by atoms with E-state index in [-0.39, 0.29) is 10.6 Å². The highest BCUT2D eigenvalue weighted by atomic mass is 79.9. The standard InChI is InChI=1S/C14H11BrF2S/c15-14(10-7-9(16)4-5-11(10)17)13-6-8-2-1-3-12(8)18-13/h4-7,14H,1-3H2. The molecule has 0 saturated heterocycles. The molecular weight excluding hydrogens is 318 g/mol. The van der Waals surface area contributed by atoms with Crippen LogP contribution in [0.25, 0.3) is 0 Å². The Kier molecular flexibility index (Phi) is 3.24. The van der Waals surface area contributed by atoms with Crippen LogP contribution < -0.4 is 0 Å². The van der Waals surface area contributed by atoms with Crippen molar-refractivity contribution in [3.63, 3.8) is 0 Å².